The fourth-order valence-electron chi connectivity index (χ4n) is 2.34. The Morgan fingerprint density at radius 3 is 2.95 bits per heavy atom. The number of nitrogens with zero attached hydrogens (tertiary/aromatic N) is 1. The summed E-state index contributed by atoms with van der Waals surface area (Å²) in [4.78, 5) is 26.1. The van der Waals surface area contributed by atoms with Gasteiger partial charge in [-0.25, -0.2) is 0 Å². The number of hydrogen-bond acceptors (Lipinski definition) is 4. The lowest BCUT2D eigenvalue weighted by Gasteiger charge is -2.17. The van der Waals surface area contributed by atoms with E-state index in [1.54, 1.807) is 35.2 Å². The molecule has 114 valence electrons. The van der Waals surface area contributed by atoms with Crippen molar-refractivity contribution in [2.24, 2.45) is 0 Å². The third kappa shape index (κ3) is 2.67. The quantitative estimate of drug-likeness (QED) is 0.944. The van der Waals surface area contributed by atoms with Crippen LogP contribution in [0.15, 0.2) is 41.0 Å². The van der Waals surface area contributed by atoms with Crippen LogP contribution in [0.5, 0.6) is 5.75 Å². The molecule has 1 aromatic carbocycles. The van der Waals surface area contributed by atoms with Crippen LogP contribution in [0.25, 0.3) is 0 Å². The molecule has 3 rings (SSSR count). The second-order valence-electron chi connectivity index (χ2n) is 4.88. The SMILES string of the molecule is CCN1CCOc2ccc(NC(=O)c3ccco3)cc2C1=O. The number of benzene rings is 1. The highest BCUT2D eigenvalue weighted by atomic mass is 16.5. The minimum atomic E-state index is -0.362. The summed E-state index contributed by atoms with van der Waals surface area (Å²) >= 11 is 0. The predicted molar refractivity (Wildman–Crippen MR) is 80.2 cm³/mol. The minimum Gasteiger partial charge on any atom is -0.491 e. The molecule has 0 fully saturated rings. The van der Waals surface area contributed by atoms with Gasteiger partial charge in [0.05, 0.1) is 18.4 Å². The average molecular weight is 300 g/mol. The van der Waals surface area contributed by atoms with Gasteiger partial charge in [0.15, 0.2) is 5.76 Å². The van der Waals surface area contributed by atoms with E-state index in [9.17, 15) is 9.59 Å². The summed E-state index contributed by atoms with van der Waals surface area (Å²) in [7, 11) is 0. The standard InChI is InChI=1S/C16H16N2O4/c1-2-18-7-9-22-13-6-5-11(10-12(13)16(18)20)17-15(19)14-4-3-8-21-14/h3-6,8,10H,2,7,9H2,1H3,(H,17,19). The van der Waals surface area contributed by atoms with Crippen LogP contribution in [0.3, 0.4) is 0 Å². The van der Waals surface area contributed by atoms with E-state index in [2.05, 4.69) is 5.32 Å². The molecule has 0 spiro atoms. The van der Waals surface area contributed by atoms with Gasteiger partial charge in [-0.05, 0) is 37.3 Å². The monoisotopic (exact) mass is 300 g/mol. The Labute approximate surface area is 127 Å². The molecule has 1 aliphatic heterocycles. The van der Waals surface area contributed by atoms with Crippen molar-refractivity contribution >= 4 is 17.5 Å². The molecule has 2 heterocycles. The van der Waals surface area contributed by atoms with E-state index in [1.807, 2.05) is 6.92 Å². The molecule has 0 unspecified atom stereocenters. The molecule has 1 N–H and O–H groups in total. The van der Waals surface area contributed by atoms with E-state index in [0.29, 0.717) is 36.7 Å². The highest BCUT2D eigenvalue weighted by molar-refractivity contribution is 6.04. The fraction of sp³-hybridized carbons (Fsp3) is 0.250. The predicted octanol–water partition coefficient (Wildman–Crippen LogP) is 2.39. The fourth-order valence-corrected chi connectivity index (χ4v) is 2.34. The number of furan rings is 1. The van der Waals surface area contributed by atoms with Crippen LogP contribution in [0.1, 0.15) is 27.8 Å². The lowest BCUT2D eigenvalue weighted by molar-refractivity contribution is 0.0764. The number of likely N-dealkylation sites (N-methyl/N-ethyl adjacent to an activating group) is 1. The molecule has 0 saturated carbocycles. The first kappa shape index (κ1) is 14.2. The smallest absolute Gasteiger partial charge is 0.291 e. The summed E-state index contributed by atoms with van der Waals surface area (Å²) in [6.45, 7) is 3.55. The number of anilines is 1. The van der Waals surface area contributed by atoms with Crippen molar-refractivity contribution in [3.63, 3.8) is 0 Å². The zero-order valence-corrected chi connectivity index (χ0v) is 12.2. The highest BCUT2D eigenvalue weighted by Crippen LogP contribution is 2.26. The van der Waals surface area contributed by atoms with Gasteiger partial charge >= 0.3 is 0 Å². The molecule has 0 aliphatic carbocycles. The zero-order chi connectivity index (χ0) is 15.5. The van der Waals surface area contributed by atoms with Gasteiger partial charge in [-0.2, -0.15) is 0 Å². The largest absolute Gasteiger partial charge is 0.491 e. The van der Waals surface area contributed by atoms with Gasteiger partial charge in [0.1, 0.15) is 12.4 Å². The summed E-state index contributed by atoms with van der Waals surface area (Å²) in [6.07, 6.45) is 1.43. The average Bonchev–Trinajstić information content (AvgIpc) is 3.01. The van der Waals surface area contributed by atoms with Crippen molar-refractivity contribution in [2.75, 3.05) is 25.0 Å². The minimum absolute atomic E-state index is 0.0934. The van der Waals surface area contributed by atoms with Gasteiger partial charge in [0.2, 0.25) is 0 Å². The van der Waals surface area contributed by atoms with Crippen molar-refractivity contribution in [2.45, 2.75) is 6.92 Å². The van der Waals surface area contributed by atoms with E-state index in [1.165, 1.54) is 6.26 Å². The molecular weight excluding hydrogens is 284 g/mol. The zero-order valence-electron chi connectivity index (χ0n) is 12.2. The number of amides is 2. The molecule has 0 atom stereocenters. The van der Waals surface area contributed by atoms with Crippen molar-refractivity contribution in [1.82, 2.24) is 4.90 Å². The molecule has 0 saturated heterocycles. The highest BCUT2D eigenvalue weighted by Gasteiger charge is 2.23. The van der Waals surface area contributed by atoms with E-state index in [0.717, 1.165) is 0 Å². The maximum absolute atomic E-state index is 12.4. The molecule has 22 heavy (non-hydrogen) atoms. The van der Waals surface area contributed by atoms with Gasteiger partial charge in [-0.15, -0.1) is 0 Å². The van der Waals surface area contributed by atoms with Crippen LogP contribution in [0.2, 0.25) is 0 Å². The molecule has 2 amide bonds. The van der Waals surface area contributed by atoms with E-state index >= 15 is 0 Å². The van der Waals surface area contributed by atoms with Crippen LogP contribution >= 0.6 is 0 Å². The Bertz CT molecular complexity index is 694. The number of fused-ring (bicyclic) bond motifs is 1. The Balaban J connectivity index is 1.86. The Morgan fingerprint density at radius 2 is 2.23 bits per heavy atom. The van der Waals surface area contributed by atoms with Crippen LogP contribution in [-0.2, 0) is 0 Å². The lowest BCUT2D eigenvalue weighted by Crippen LogP contribution is -2.32. The maximum atomic E-state index is 12.4. The summed E-state index contributed by atoms with van der Waals surface area (Å²) in [5, 5.41) is 2.71. The first-order valence-corrected chi connectivity index (χ1v) is 7.10. The van der Waals surface area contributed by atoms with Gasteiger partial charge in [0, 0.05) is 12.2 Å². The first-order chi connectivity index (χ1) is 10.7. The van der Waals surface area contributed by atoms with Crippen molar-refractivity contribution < 1.29 is 18.7 Å². The van der Waals surface area contributed by atoms with Crippen molar-refractivity contribution in [1.29, 1.82) is 0 Å². The molecule has 2 aromatic rings. The Hall–Kier alpha value is -2.76. The molecule has 0 radical (unpaired) electrons. The van der Waals surface area contributed by atoms with Gasteiger partial charge < -0.3 is 19.4 Å². The van der Waals surface area contributed by atoms with Crippen molar-refractivity contribution in [3.8, 4) is 5.75 Å². The van der Waals surface area contributed by atoms with E-state index in [-0.39, 0.29) is 17.6 Å². The summed E-state index contributed by atoms with van der Waals surface area (Å²) in [6, 6.07) is 8.25. The van der Waals surface area contributed by atoms with Crippen molar-refractivity contribution in [3.05, 3.63) is 47.9 Å². The molecule has 6 nitrogen and oxygen atoms in total. The van der Waals surface area contributed by atoms with Crippen LogP contribution in [0.4, 0.5) is 5.69 Å². The number of carbonyl (C=O) groups excluding carboxylic acids is 2. The molecular formula is C16H16N2O4. The topological polar surface area (TPSA) is 71.8 Å². The van der Waals surface area contributed by atoms with Gasteiger partial charge in [0.25, 0.3) is 11.8 Å². The van der Waals surface area contributed by atoms with Gasteiger partial charge in [-0.3, -0.25) is 9.59 Å². The number of ether oxygens (including phenoxy) is 1. The first-order valence-electron chi connectivity index (χ1n) is 7.10. The summed E-state index contributed by atoms with van der Waals surface area (Å²) in [5.41, 5.74) is 0.978. The summed E-state index contributed by atoms with van der Waals surface area (Å²) in [5.74, 6) is 0.299. The lowest BCUT2D eigenvalue weighted by atomic mass is 10.1. The van der Waals surface area contributed by atoms with Crippen LogP contribution < -0.4 is 10.1 Å². The number of nitrogens with one attached hydrogen (secondary N) is 1. The summed E-state index contributed by atoms with van der Waals surface area (Å²) < 4.78 is 10.6. The third-order valence-corrected chi connectivity index (χ3v) is 3.50. The third-order valence-electron chi connectivity index (χ3n) is 3.50. The number of hydrogen-bond donors (Lipinski definition) is 1. The number of rotatable bonds is 3. The van der Waals surface area contributed by atoms with Crippen LogP contribution in [-0.4, -0.2) is 36.4 Å². The second kappa shape index (κ2) is 5.93. The Kier molecular flexibility index (Phi) is 3.82. The number of carbonyl (C=O) groups is 2. The molecule has 6 heteroatoms. The molecule has 0 bridgehead atoms. The van der Waals surface area contributed by atoms with E-state index < -0.39 is 0 Å². The second-order valence-corrected chi connectivity index (χ2v) is 4.88. The Morgan fingerprint density at radius 1 is 1.36 bits per heavy atom. The van der Waals surface area contributed by atoms with Crippen LogP contribution in [0, 0.1) is 0 Å². The molecule has 1 aliphatic rings. The van der Waals surface area contributed by atoms with Gasteiger partial charge in [-0.1, -0.05) is 0 Å². The van der Waals surface area contributed by atoms with E-state index in [4.69, 9.17) is 9.15 Å². The molecule has 1 aromatic heterocycles. The maximum Gasteiger partial charge on any atom is 0.291 e. The normalized spacial score (nSPS) is 14.0.